The zero-order chi connectivity index (χ0) is 12.4. The number of rotatable bonds is 2. The highest BCUT2D eigenvalue weighted by Gasteiger charge is 2.08. The molecule has 0 bridgehead atoms. The van der Waals surface area contributed by atoms with Crippen molar-refractivity contribution in [2.24, 2.45) is 0 Å². The average Bonchev–Trinajstić information content (AvgIpc) is 2.29. The molecular weight excluding hydrogens is 304 g/mol. The van der Waals surface area contributed by atoms with E-state index < -0.39 is 0 Å². The maximum atomic E-state index is 5.88. The predicted octanol–water partition coefficient (Wildman–Crippen LogP) is 3.02. The predicted molar refractivity (Wildman–Crippen MR) is 72.3 cm³/mol. The van der Waals surface area contributed by atoms with E-state index in [2.05, 4.69) is 30.9 Å². The highest BCUT2D eigenvalue weighted by atomic mass is 79.9. The molecule has 0 spiro atoms. The summed E-state index contributed by atoms with van der Waals surface area (Å²) in [5.41, 5.74) is 0.903. The van der Waals surface area contributed by atoms with Crippen LogP contribution in [0.25, 0.3) is 11.4 Å². The summed E-state index contributed by atoms with van der Waals surface area (Å²) in [5, 5.41) is 0.196. The number of anilines is 1. The molecule has 0 aliphatic heterocycles. The molecule has 0 aliphatic carbocycles. The third kappa shape index (κ3) is 2.92. The van der Waals surface area contributed by atoms with Gasteiger partial charge in [-0.25, -0.2) is 0 Å². The van der Waals surface area contributed by atoms with Crippen LogP contribution in [0.2, 0.25) is 5.28 Å². The molecule has 0 atom stereocenters. The van der Waals surface area contributed by atoms with Crippen molar-refractivity contribution in [1.82, 2.24) is 15.0 Å². The lowest BCUT2D eigenvalue weighted by Gasteiger charge is -2.10. The maximum Gasteiger partial charge on any atom is 0.229 e. The summed E-state index contributed by atoms with van der Waals surface area (Å²) in [6, 6.07) is 7.72. The number of halogens is 2. The molecule has 0 aliphatic rings. The van der Waals surface area contributed by atoms with Crippen molar-refractivity contribution in [3.8, 4) is 11.4 Å². The molecular formula is C11H10BrClN4. The van der Waals surface area contributed by atoms with E-state index in [9.17, 15) is 0 Å². The fourth-order valence-corrected chi connectivity index (χ4v) is 1.69. The van der Waals surface area contributed by atoms with Gasteiger partial charge in [0.25, 0.3) is 0 Å². The topological polar surface area (TPSA) is 41.9 Å². The van der Waals surface area contributed by atoms with Gasteiger partial charge in [-0.2, -0.15) is 15.0 Å². The number of nitrogens with zero attached hydrogens (tertiary/aromatic N) is 4. The molecule has 1 aromatic heterocycles. The normalized spacial score (nSPS) is 10.4. The quantitative estimate of drug-likeness (QED) is 0.854. The van der Waals surface area contributed by atoms with E-state index in [0.717, 1.165) is 10.0 Å². The Morgan fingerprint density at radius 2 is 1.71 bits per heavy atom. The van der Waals surface area contributed by atoms with E-state index in [1.807, 2.05) is 38.4 Å². The zero-order valence-corrected chi connectivity index (χ0v) is 11.7. The summed E-state index contributed by atoms with van der Waals surface area (Å²) in [6.45, 7) is 0. The first-order valence-electron chi connectivity index (χ1n) is 4.91. The molecule has 88 valence electrons. The van der Waals surface area contributed by atoms with Gasteiger partial charge in [0.1, 0.15) is 0 Å². The van der Waals surface area contributed by atoms with Gasteiger partial charge in [-0.3, -0.25) is 0 Å². The molecule has 0 amide bonds. The Labute approximate surface area is 113 Å². The Bertz CT molecular complexity index is 527. The third-order valence-electron chi connectivity index (χ3n) is 2.10. The van der Waals surface area contributed by atoms with Crippen LogP contribution in [-0.2, 0) is 0 Å². The van der Waals surface area contributed by atoms with Crippen molar-refractivity contribution in [2.45, 2.75) is 0 Å². The lowest BCUT2D eigenvalue weighted by Crippen LogP contribution is -2.13. The number of aromatic nitrogens is 3. The van der Waals surface area contributed by atoms with Crippen molar-refractivity contribution in [1.29, 1.82) is 0 Å². The second kappa shape index (κ2) is 4.98. The van der Waals surface area contributed by atoms with Crippen LogP contribution in [0.5, 0.6) is 0 Å². The summed E-state index contributed by atoms with van der Waals surface area (Å²) in [5.74, 6) is 1.11. The van der Waals surface area contributed by atoms with Crippen molar-refractivity contribution >= 4 is 33.5 Å². The number of hydrogen-bond donors (Lipinski definition) is 0. The molecule has 17 heavy (non-hydrogen) atoms. The summed E-state index contributed by atoms with van der Waals surface area (Å²) in [4.78, 5) is 14.3. The molecule has 2 aromatic rings. The van der Waals surface area contributed by atoms with Gasteiger partial charge in [-0.1, -0.05) is 28.1 Å². The minimum absolute atomic E-state index is 0.196. The van der Waals surface area contributed by atoms with E-state index in [1.54, 1.807) is 4.90 Å². The van der Waals surface area contributed by atoms with Crippen molar-refractivity contribution < 1.29 is 0 Å². The van der Waals surface area contributed by atoms with Crippen LogP contribution in [0.4, 0.5) is 5.95 Å². The summed E-state index contributed by atoms with van der Waals surface area (Å²) in [7, 11) is 3.72. The smallest absolute Gasteiger partial charge is 0.229 e. The van der Waals surface area contributed by atoms with E-state index in [0.29, 0.717) is 11.8 Å². The zero-order valence-electron chi connectivity index (χ0n) is 9.35. The lowest BCUT2D eigenvalue weighted by atomic mass is 10.2. The monoisotopic (exact) mass is 312 g/mol. The minimum atomic E-state index is 0.196. The van der Waals surface area contributed by atoms with Crippen LogP contribution in [0.3, 0.4) is 0 Å². The van der Waals surface area contributed by atoms with Crippen LogP contribution in [0.1, 0.15) is 0 Å². The number of benzene rings is 1. The SMILES string of the molecule is CN(C)c1nc(Cl)nc(-c2ccc(Br)cc2)n1. The van der Waals surface area contributed by atoms with Crippen LogP contribution in [0.15, 0.2) is 28.7 Å². The van der Waals surface area contributed by atoms with E-state index in [1.165, 1.54) is 0 Å². The van der Waals surface area contributed by atoms with Crippen molar-refractivity contribution in [3.05, 3.63) is 34.0 Å². The van der Waals surface area contributed by atoms with Crippen molar-refractivity contribution in [2.75, 3.05) is 19.0 Å². The van der Waals surface area contributed by atoms with E-state index in [4.69, 9.17) is 11.6 Å². The molecule has 0 N–H and O–H groups in total. The lowest BCUT2D eigenvalue weighted by molar-refractivity contribution is 0.962. The van der Waals surface area contributed by atoms with E-state index >= 15 is 0 Å². The van der Waals surface area contributed by atoms with Crippen LogP contribution in [0, 0.1) is 0 Å². The first kappa shape index (κ1) is 12.3. The molecule has 2 rings (SSSR count). The Kier molecular flexibility index (Phi) is 3.59. The van der Waals surface area contributed by atoms with E-state index in [-0.39, 0.29) is 5.28 Å². The molecule has 6 heteroatoms. The van der Waals surface area contributed by atoms with Gasteiger partial charge < -0.3 is 4.90 Å². The second-order valence-corrected chi connectivity index (χ2v) is 4.88. The van der Waals surface area contributed by atoms with Crippen LogP contribution < -0.4 is 4.90 Å². The third-order valence-corrected chi connectivity index (χ3v) is 2.80. The van der Waals surface area contributed by atoms with Gasteiger partial charge in [-0.05, 0) is 23.7 Å². The van der Waals surface area contributed by atoms with Crippen LogP contribution in [-0.4, -0.2) is 29.0 Å². The molecule has 0 saturated heterocycles. The van der Waals surface area contributed by atoms with Gasteiger partial charge in [0, 0.05) is 24.1 Å². The molecule has 0 fully saturated rings. The van der Waals surface area contributed by atoms with Gasteiger partial charge in [-0.15, -0.1) is 0 Å². The van der Waals surface area contributed by atoms with Gasteiger partial charge >= 0.3 is 0 Å². The fourth-order valence-electron chi connectivity index (χ4n) is 1.27. The summed E-state index contributed by atoms with van der Waals surface area (Å²) < 4.78 is 1.01. The van der Waals surface area contributed by atoms with Gasteiger partial charge in [0.05, 0.1) is 0 Å². The maximum absolute atomic E-state index is 5.88. The molecule has 4 nitrogen and oxygen atoms in total. The first-order valence-corrected chi connectivity index (χ1v) is 6.08. The van der Waals surface area contributed by atoms with Crippen LogP contribution >= 0.6 is 27.5 Å². The molecule has 1 heterocycles. The summed E-state index contributed by atoms with van der Waals surface area (Å²) >= 11 is 9.26. The fraction of sp³-hybridized carbons (Fsp3) is 0.182. The highest BCUT2D eigenvalue weighted by molar-refractivity contribution is 9.10. The molecule has 0 unspecified atom stereocenters. The Morgan fingerprint density at radius 3 is 2.29 bits per heavy atom. The molecule has 1 aromatic carbocycles. The first-order chi connectivity index (χ1) is 8.06. The highest BCUT2D eigenvalue weighted by Crippen LogP contribution is 2.20. The number of hydrogen-bond acceptors (Lipinski definition) is 4. The standard InChI is InChI=1S/C11H10BrClN4/c1-17(2)11-15-9(14-10(13)16-11)7-3-5-8(12)6-4-7/h3-6H,1-2H3. The minimum Gasteiger partial charge on any atom is -0.347 e. The molecule has 0 saturated carbocycles. The largest absolute Gasteiger partial charge is 0.347 e. The second-order valence-electron chi connectivity index (χ2n) is 3.63. The van der Waals surface area contributed by atoms with Gasteiger partial charge in [0.15, 0.2) is 5.82 Å². The Balaban J connectivity index is 2.48. The Hall–Kier alpha value is -1.20. The Morgan fingerprint density at radius 1 is 1.06 bits per heavy atom. The summed E-state index contributed by atoms with van der Waals surface area (Å²) in [6.07, 6.45) is 0. The molecule has 0 radical (unpaired) electrons. The van der Waals surface area contributed by atoms with Crippen molar-refractivity contribution in [3.63, 3.8) is 0 Å². The average molecular weight is 314 g/mol. The van der Waals surface area contributed by atoms with Gasteiger partial charge in [0.2, 0.25) is 11.2 Å².